The molecule has 1 aliphatic heterocycles. The van der Waals surface area contributed by atoms with E-state index >= 15 is 0 Å². The average molecular weight is 439 g/mol. The summed E-state index contributed by atoms with van der Waals surface area (Å²) >= 11 is 0. The Balaban J connectivity index is 1.62. The number of nitrogens with zero attached hydrogens (tertiary/aromatic N) is 6. The van der Waals surface area contributed by atoms with Crippen LogP contribution in [0.5, 0.6) is 5.75 Å². The Morgan fingerprint density at radius 2 is 1.78 bits per heavy atom. The van der Waals surface area contributed by atoms with Gasteiger partial charge in [0.15, 0.2) is 5.82 Å². The Morgan fingerprint density at radius 3 is 2.44 bits per heavy atom. The highest BCUT2D eigenvalue weighted by atomic mass is 19.1. The van der Waals surface area contributed by atoms with Gasteiger partial charge in [0.1, 0.15) is 11.6 Å². The van der Waals surface area contributed by atoms with Gasteiger partial charge in [0.2, 0.25) is 0 Å². The molecular formula is C24H31FN6O. The van der Waals surface area contributed by atoms with Crippen LogP contribution >= 0.6 is 0 Å². The Kier molecular flexibility index (Phi) is 6.41. The summed E-state index contributed by atoms with van der Waals surface area (Å²) in [4.78, 5) is 4.75. The topological polar surface area (TPSA) is 59.3 Å². The van der Waals surface area contributed by atoms with Crippen molar-refractivity contribution in [3.8, 4) is 5.75 Å². The van der Waals surface area contributed by atoms with E-state index in [4.69, 9.17) is 4.74 Å². The molecule has 170 valence electrons. The van der Waals surface area contributed by atoms with Gasteiger partial charge >= 0.3 is 0 Å². The summed E-state index contributed by atoms with van der Waals surface area (Å²) in [5.74, 6) is 1.40. The number of anilines is 1. The Hall–Kier alpha value is -3.00. The van der Waals surface area contributed by atoms with Crippen molar-refractivity contribution >= 4 is 5.69 Å². The molecule has 4 rings (SSSR count). The van der Waals surface area contributed by atoms with E-state index in [9.17, 15) is 4.39 Å². The molecule has 3 aromatic rings. The minimum absolute atomic E-state index is 0.149. The van der Waals surface area contributed by atoms with Crippen molar-refractivity contribution < 1.29 is 9.13 Å². The number of rotatable bonds is 7. The summed E-state index contributed by atoms with van der Waals surface area (Å²) in [7, 11) is 1.69. The van der Waals surface area contributed by atoms with Gasteiger partial charge in [0.05, 0.1) is 18.7 Å². The maximum atomic E-state index is 13.7. The van der Waals surface area contributed by atoms with Gasteiger partial charge in [-0.1, -0.05) is 25.1 Å². The van der Waals surface area contributed by atoms with Crippen LogP contribution in [-0.4, -0.2) is 58.4 Å². The van der Waals surface area contributed by atoms with Gasteiger partial charge in [0, 0.05) is 37.9 Å². The highest BCUT2D eigenvalue weighted by Crippen LogP contribution is 2.32. The van der Waals surface area contributed by atoms with Crippen LogP contribution in [0.3, 0.4) is 0 Å². The van der Waals surface area contributed by atoms with Crippen molar-refractivity contribution in [2.45, 2.75) is 38.8 Å². The number of hydrogen-bond donors (Lipinski definition) is 0. The highest BCUT2D eigenvalue weighted by Gasteiger charge is 2.34. The number of halogens is 1. The second-order valence-electron chi connectivity index (χ2n) is 8.79. The van der Waals surface area contributed by atoms with Crippen molar-refractivity contribution in [3.63, 3.8) is 0 Å². The molecule has 1 atom stereocenters. The maximum Gasteiger partial charge on any atom is 0.173 e. The number of ether oxygens (including phenoxy) is 1. The molecule has 1 aromatic heterocycles. The van der Waals surface area contributed by atoms with Crippen molar-refractivity contribution in [2.24, 2.45) is 0 Å². The zero-order valence-corrected chi connectivity index (χ0v) is 19.2. The van der Waals surface area contributed by atoms with Crippen LogP contribution in [0, 0.1) is 5.82 Å². The summed E-state index contributed by atoms with van der Waals surface area (Å²) in [6.07, 6.45) is 0.894. The van der Waals surface area contributed by atoms with Gasteiger partial charge in [0.25, 0.3) is 0 Å². The lowest BCUT2D eigenvalue weighted by Gasteiger charge is -2.40. The van der Waals surface area contributed by atoms with Gasteiger partial charge in [-0.2, -0.15) is 0 Å². The molecule has 0 unspecified atom stereocenters. The summed E-state index contributed by atoms with van der Waals surface area (Å²) in [6.45, 7) is 9.79. The van der Waals surface area contributed by atoms with Crippen LogP contribution in [0.1, 0.15) is 44.6 Å². The Morgan fingerprint density at radius 1 is 1.06 bits per heavy atom. The zero-order chi connectivity index (χ0) is 22.7. The van der Waals surface area contributed by atoms with E-state index in [1.165, 1.54) is 12.1 Å². The van der Waals surface area contributed by atoms with E-state index in [1.807, 2.05) is 28.9 Å². The minimum atomic E-state index is -0.246. The fraction of sp³-hybridized carbons (Fsp3) is 0.458. The standard InChI is InChI=1S/C24H31FN6O/c1-5-24(2,3)31-23(26-27-28-31)22(18-9-11-19(25)12-10-18)30-15-13-29(14-16-30)20-7-6-8-21(17-20)32-4/h6-12,17,22H,5,13-16H2,1-4H3/t22-/m1/s1. The number of methoxy groups -OCH3 is 1. The molecule has 0 spiro atoms. The molecule has 1 fully saturated rings. The molecule has 0 aliphatic carbocycles. The first kappa shape index (κ1) is 22.2. The van der Waals surface area contributed by atoms with E-state index in [0.29, 0.717) is 0 Å². The van der Waals surface area contributed by atoms with Gasteiger partial charge < -0.3 is 9.64 Å². The molecule has 0 N–H and O–H groups in total. The monoisotopic (exact) mass is 438 g/mol. The fourth-order valence-electron chi connectivity index (χ4n) is 4.16. The lowest BCUT2D eigenvalue weighted by molar-refractivity contribution is 0.187. The third kappa shape index (κ3) is 4.46. The molecule has 2 aromatic carbocycles. The average Bonchev–Trinajstić information content (AvgIpc) is 3.31. The van der Waals surface area contributed by atoms with Crippen LogP contribution in [0.4, 0.5) is 10.1 Å². The molecule has 0 amide bonds. The van der Waals surface area contributed by atoms with Gasteiger partial charge in [-0.15, -0.1) is 5.10 Å². The van der Waals surface area contributed by atoms with E-state index < -0.39 is 0 Å². The summed E-state index contributed by atoms with van der Waals surface area (Å²) in [6, 6.07) is 14.7. The molecular weight excluding hydrogens is 407 g/mol. The van der Waals surface area contributed by atoms with Crippen molar-refractivity contribution in [2.75, 3.05) is 38.2 Å². The van der Waals surface area contributed by atoms with Crippen LogP contribution < -0.4 is 9.64 Å². The SMILES string of the molecule is CCC(C)(C)n1nnnc1[C@@H](c1ccc(F)cc1)N1CCN(c2cccc(OC)c2)CC1. The van der Waals surface area contributed by atoms with Crippen LogP contribution in [0.15, 0.2) is 48.5 Å². The number of tetrazole rings is 1. The lowest BCUT2D eigenvalue weighted by Crippen LogP contribution is -2.48. The summed E-state index contributed by atoms with van der Waals surface area (Å²) in [5.41, 5.74) is 1.92. The van der Waals surface area contributed by atoms with Crippen molar-refractivity contribution in [1.82, 2.24) is 25.1 Å². The third-order valence-corrected chi connectivity index (χ3v) is 6.46. The smallest absolute Gasteiger partial charge is 0.173 e. The lowest BCUT2D eigenvalue weighted by atomic mass is 9.99. The molecule has 2 heterocycles. The van der Waals surface area contributed by atoms with E-state index in [0.717, 1.165) is 55.4 Å². The van der Waals surface area contributed by atoms with Crippen LogP contribution in [0.25, 0.3) is 0 Å². The Bertz CT molecular complexity index is 1030. The zero-order valence-electron chi connectivity index (χ0n) is 19.2. The Labute approximate surface area is 188 Å². The second-order valence-corrected chi connectivity index (χ2v) is 8.79. The molecule has 0 bridgehead atoms. The normalized spacial score (nSPS) is 16.2. The highest BCUT2D eigenvalue weighted by molar-refractivity contribution is 5.51. The predicted molar refractivity (Wildman–Crippen MR) is 122 cm³/mol. The van der Waals surface area contributed by atoms with E-state index in [1.54, 1.807) is 7.11 Å². The second kappa shape index (κ2) is 9.24. The molecule has 0 saturated carbocycles. The largest absolute Gasteiger partial charge is 0.497 e. The van der Waals surface area contributed by atoms with E-state index in [2.05, 4.69) is 58.2 Å². The van der Waals surface area contributed by atoms with Crippen molar-refractivity contribution in [3.05, 3.63) is 65.7 Å². The van der Waals surface area contributed by atoms with E-state index in [-0.39, 0.29) is 17.4 Å². The number of aromatic nitrogens is 4. The number of piperazine rings is 1. The molecule has 7 nitrogen and oxygen atoms in total. The number of benzene rings is 2. The minimum Gasteiger partial charge on any atom is -0.497 e. The quantitative estimate of drug-likeness (QED) is 0.558. The van der Waals surface area contributed by atoms with Gasteiger partial charge in [-0.3, -0.25) is 4.90 Å². The van der Waals surface area contributed by atoms with Gasteiger partial charge in [-0.05, 0) is 60.5 Å². The fourth-order valence-corrected chi connectivity index (χ4v) is 4.16. The molecule has 32 heavy (non-hydrogen) atoms. The summed E-state index contributed by atoms with van der Waals surface area (Å²) in [5, 5.41) is 12.8. The van der Waals surface area contributed by atoms with Gasteiger partial charge in [-0.25, -0.2) is 9.07 Å². The molecule has 0 radical (unpaired) electrons. The first-order chi connectivity index (χ1) is 15.4. The van der Waals surface area contributed by atoms with Crippen molar-refractivity contribution in [1.29, 1.82) is 0 Å². The maximum absolute atomic E-state index is 13.7. The molecule has 1 saturated heterocycles. The first-order valence-electron chi connectivity index (χ1n) is 11.1. The third-order valence-electron chi connectivity index (χ3n) is 6.46. The molecule has 8 heteroatoms. The predicted octanol–water partition coefficient (Wildman–Crippen LogP) is 3.88. The van der Waals surface area contributed by atoms with Crippen LogP contribution in [-0.2, 0) is 5.54 Å². The molecule has 1 aliphatic rings. The first-order valence-corrected chi connectivity index (χ1v) is 11.1. The number of hydrogen-bond acceptors (Lipinski definition) is 6. The van der Waals surface area contributed by atoms with Crippen LogP contribution in [0.2, 0.25) is 0 Å². The summed E-state index contributed by atoms with van der Waals surface area (Å²) < 4.78 is 21.0.